The van der Waals surface area contributed by atoms with Crippen molar-refractivity contribution in [1.29, 1.82) is 0 Å². The van der Waals surface area contributed by atoms with Crippen molar-refractivity contribution in [3.05, 3.63) is 53.6 Å². The van der Waals surface area contributed by atoms with Crippen molar-refractivity contribution in [2.45, 2.75) is 32.9 Å². The second kappa shape index (κ2) is 11.9. The number of amides is 3. The number of anilines is 1. The SMILES string of the molecule is COc1cccc(C(=O)Nc2ccc3c(c2)OC[C@@H](C)N(C(C)=O)C[C@@H](C)[C@@H](OC)CN(C)C3=O)c1. The number of methoxy groups -OCH3 is 2. The van der Waals surface area contributed by atoms with Gasteiger partial charge in [0.25, 0.3) is 11.8 Å². The highest BCUT2D eigenvalue weighted by Gasteiger charge is 2.29. The van der Waals surface area contributed by atoms with Crippen LogP contribution in [0.2, 0.25) is 0 Å². The van der Waals surface area contributed by atoms with Gasteiger partial charge < -0.3 is 29.3 Å². The summed E-state index contributed by atoms with van der Waals surface area (Å²) in [5, 5.41) is 2.85. The van der Waals surface area contributed by atoms with Crippen molar-refractivity contribution in [3.63, 3.8) is 0 Å². The number of hydrogen-bond donors (Lipinski definition) is 1. The molecule has 9 nitrogen and oxygen atoms in total. The molecule has 0 fully saturated rings. The van der Waals surface area contributed by atoms with Crippen molar-refractivity contribution in [2.24, 2.45) is 5.92 Å². The zero-order chi connectivity index (χ0) is 26.4. The van der Waals surface area contributed by atoms with Crippen LogP contribution in [0.15, 0.2) is 42.5 Å². The molecule has 0 spiro atoms. The van der Waals surface area contributed by atoms with Crippen LogP contribution in [-0.4, -0.2) is 80.6 Å². The third-order valence-electron chi connectivity index (χ3n) is 6.44. The first kappa shape index (κ1) is 27.0. The molecule has 0 saturated heterocycles. The Hall–Kier alpha value is -3.59. The molecule has 0 saturated carbocycles. The van der Waals surface area contributed by atoms with Gasteiger partial charge in [-0.3, -0.25) is 14.4 Å². The molecule has 0 bridgehead atoms. The predicted molar refractivity (Wildman–Crippen MR) is 137 cm³/mol. The summed E-state index contributed by atoms with van der Waals surface area (Å²) in [5.74, 6) is 0.302. The average Bonchev–Trinajstić information content (AvgIpc) is 2.87. The van der Waals surface area contributed by atoms with Gasteiger partial charge >= 0.3 is 0 Å². The van der Waals surface area contributed by atoms with Crippen LogP contribution >= 0.6 is 0 Å². The molecule has 0 radical (unpaired) electrons. The molecule has 1 aliphatic heterocycles. The van der Waals surface area contributed by atoms with Gasteiger partial charge in [0.2, 0.25) is 5.91 Å². The fraction of sp³-hybridized carbons (Fsp3) is 0.444. The lowest BCUT2D eigenvalue weighted by atomic mass is 10.0. The summed E-state index contributed by atoms with van der Waals surface area (Å²) in [6.45, 7) is 6.46. The van der Waals surface area contributed by atoms with Crippen molar-refractivity contribution < 1.29 is 28.6 Å². The third kappa shape index (κ3) is 6.34. The Morgan fingerprint density at radius 2 is 1.83 bits per heavy atom. The summed E-state index contributed by atoms with van der Waals surface area (Å²) < 4.78 is 17.0. The minimum absolute atomic E-state index is 0.00435. The van der Waals surface area contributed by atoms with Gasteiger partial charge in [0.05, 0.1) is 24.8 Å². The Balaban J connectivity index is 1.93. The number of carbonyl (C=O) groups excluding carboxylic acids is 3. The smallest absolute Gasteiger partial charge is 0.257 e. The first-order chi connectivity index (χ1) is 17.1. The Kier molecular flexibility index (Phi) is 8.93. The van der Waals surface area contributed by atoms with Crippen molar-refractivity contribution in [1.82, 2.24) is 9.80 Å². The molecule has 0 unspecified atom stereocenters. The topological polar surface area (TPSA) is 97.4 Å². The molecule has 2 aromatic rings. The zero-order valence-electron chi connectivity index (χ0n) is 21.7. The van der Waals surface area contributed by atoms with Gasteiger partial charge in [-0.2, -0.15) is 0 Å². The number of hydrogen-bond acceptors (Lipinski definition) is 6. The summed E-state index contributed by atoms with van der Waals surface area (Å²) in [6.07, 6.45) is -0.252. The number of fused-ring (bicyclic) bond motifs is 1. The largest absolute Gasteiger partial charge is 0.497 e. The lowest BCUT2D eigenvalue weighted by Crippen LogP contribution is -2.48. The molecule has 194 valence electrons. The summed E-state index contributed by atoms with van der Waals surface area (Å²) in [4.78, 5) is 41.9. The lowest BCUT2D eigenvalue weighted by molar-refractivity contribution is -0.133. The molecular weight excluding hydrogens is 462 g/mol. The van der Waals surface area contributed by atoms with E-state index in [0.29, 0.717) is 41.4 Å². The zero-order valence-corrected chi connectivity index (χ0v) is 21.7. The molecule has 9 heteroatoms. The quantitative estimate of drug-likeness (QED) is 0.696. The van der Waals surface area contributed by atoms with Crippen molar-refractivity contribution in [2.75, 3.05) is 46.3 Å². The maximum atomic E-state index is 13.3. The monoisotopic (exact) mass is 497 g/mol. The molecule has 1 aliphatic rings. The van der Waals surface area contributed by atoms with E-state index >= 15 is 0 Å². The predicted octanol–water partition coefficient (Wildman–Crippen LogP) is 3.30. The maximum absolute atomic E-state index is 13.3. The summed E-state index contributed by atoms with van der Waals surface area (Å²) in [5.41, 5.74) is 1.27. The summed E-state index contributed by atoms with van der Waals surface area (Å²) in [7, 11) is 4.86. The van der Waals surface area contributed by atoms with E-state index in [0.717, 1.165) is 0 Å². The van der Waals surface area contributed by atoms with E-state index in [1.807, 2.05) is 13.8 Å². The molecule has 3 rings (SSSR count). The molecule has 2 aromatic carbocycles. The number of likely N-dealkylation sites (N-methyl/N-ethyl adjacent to an activating group) is 1. The third-order valence-corrected chi connectivity index (χ3v) is 6.44. The maximum Gasteiger partial charge on any atom is 0.257 e. The van der Waals surface area contributed by atoms with Crippen LogP contribution < -0.4 is 14.8 Å². The first-order valence-electron chi connectivity index (χ1n) is 11.9. The standard InChI is InChI=1S/C27H35N3O6/c1-17-14-30(19(3)31)18(2)16-36-24-13-21(28-26(32)20-8-7-9-22(12-20)34-5)10-11-23(24)27(33)29(4)15-25(17)35-6/h7-13,17-18,25H,14-16H2,1-6H3,(H,28,32)/t17-,18-,25+/m1/s1. The Morgan fingerprint density at radius 3 is 2.50 bits per heavy atom. The van der Waals surface area contributed by atoms with Gasteiger partial charge in [-0.15, -0.1) is 0 Å². The van der Waals surface area contributed by atoms with Gasteiger partial charge in [-0.25, -0.2) is 0 Å². The number of rotatable bonds is 4. The van der Waals surface area contributed by atoms with E-state index in [1.165, 1.54) is 14.0 Å². The van der Waals surface area contributed by atoms with Crippen molar-refractivity contribution in [3.8, 4) is 11.5 Å². The lowest BCUT2D eigenvalue weighted by Gasteiger charge is -2.35. The summed E-state index contributed by atoms with van der Waals surface area (Å²) in [6, 6.07) is 11.5. The van der Waals surface area contributed by atoms with E-state index in [2.05, 4.69) is 5.32 Å². The van der Waals surface area contributed by atoms with Crippen LogP contribution in [0.3, 0.4) is 0 Å². The number of nitrogens with zero attached hydrogens (tertiary/aromatic N) is 2. The number of ether oxygens (including phenoxy) is 3. The highest BCUT2D eigenvalue weighted by atomic mass is 16.5. The molecule has 3 atom stereocenters. The van der Waals surface area contributed by atoms with Crippen molar-refractivity contribution >= 4 is 23.4 Å². The molecule has 0 aromatic heterocycles. The van der Waals surface area contributed by atoms with Crippen LogP contribution in [-0.2, 0) is 9.53 Å². The average molecular weight is 498 g/mol. The second-order valence-electron chi connectivity index (χ2n) is 9.17. The molecule has 0 aliphatic carbocycles. The normalized spacial score (nSPS) is 20.9. The Morgan fingerprint density at radius 1 is 1.08 bits per heavy atom. The molecule has 3 amide bonds. The number of carbonyl (C=O) groups is 3. The number of benzene rings is 2. The van der Waals surface area contributed by atoms with Crippen LogP contribution in [0.1, 0.15) is 41.5 Å². The van der Waals surface area contributed by atoms with E-state index in [1.54, 1.807) is 66.4 Å². The summed E-state index contributed by atoms with van der Waals surface area (Å²) >= 11 is 0. The van der Waals surface area contributed by atoms with Crippen LogP contribution in [0.25, 0.3) is 0 Å². The fourth-order valence-electron chi connectivity index (χ4n) is 4.26. The van der Waals surface area contributed by atoms with Crippen LogP contribution in [0.4, 0.5) is 5.69 Å². The van der Waals surface area contributed by atoms with Gasteiger partial charge in [0.15, 0.2) is 0 Å². The molecular formula is C27H35N3O6. The second-order valence-corrected chi connectivity index (χ2v) is 9.17. The van der Waals surface area contributed by atoms with E-state index in [4.69, 9.17) is 14.2 Å². The van der Waals surface area contributed by atoms with E-state index in [9.17, 15) is 14.4 Å². The highest BCUT2D eigenvalue weighted by molar-refractivity contribution is 6.05. The molecule has 1 heterocycles. The van der Waals surface area contributed by atoms with Gasteiger partial charge in [-0.05, 0) is 37.3 Å². The fourth-order valence-corrected chi connectivity index (χ4v) is 4.26. The molecule has 36 heavy (non-hydrogen) atoms. The van der Waals surface area contributed by atoms with Crippen LogP contribution in [0.5, 0.6) is 11.5 Å². The molecule has 1 N–H and O–H groups in total. The minimum Gasteiger partial charge on any atom is -0.497 e. The van der Waals surface area contributed by atoms with Gasteiger partial charge in [-0.1, -0.05) is 13.0 Å². The Bertz CT molecular complexity index is 1100. The van der Waals surface area contributed by atoms with Gasteiger partial charge in [0, 0.05) is 57.4 Å². The first-order valence-corrected chi connectivity index (χ1v) is 11.9. The minimum atomic E-state index is -0.321. The van der Waals surface area contributed by atoms with E-state index in [-0.39, 0.29) is 42.4 Å². The van der Waals surface area contributed by atoms with Crippen LogP contribution in [0, 0.1) is 5.92 Å². The highest BCUT2D eigenvalue weighted by Crippen LogP contribution is 2.27. The van der Waals surface area contributed by atoms with E-state index < -0.39 is 0 Å². The van der Waals surface area contributed by atoms with Gasteiger partial charge in [0.1, 0.15) is 18.1 Å². The number of nitrogens with one attached hydrogen (secondary N) is 1. The Labute approximate surface area is 212 Å².